The molecule has 0 saturated carbocycles. The molecule has 5 nitrogen and oxygen atoms in total. The summed E-state index contributed by atoms with van der Waals surface area (Å²) in [5.74, 6) is 0.159. The molecule has 0 bridgehead atoms. The third kappa shape index (κ3) is 6.97. The lowest BCUT2D eigenvalue weighted by atomic mass is 10.3. The van der Waals surface area contributed by atoms with Crippen LogP contribution in [0.15, 0.2) is 0 Å². The van der Waals surface area contributed by atoms with E-state index in [2.05, 4.69) is 35.9 Å². The largest absolute Gasteiger partial charge is 0.464 e. The van der Waals surface area contributed by atoms with Gasteiger partial charge in [0, 0.05) is 18.1 Å². The Balaban J connectivity index is 3.91. The van der Waals surface area contributed by atoms with E-state index < -0.39 is 12.0 Å². The minimum absolute atomic E-state index is 0.157. The van der Waals surface area contributed by atoms with Crippen molar-refractivity contribution < 1.29 is 14.3 Å². The first-order valence-electron chi connectivity index (χ1n) is 5.04. The fraction of sp³-hybridized carbons (Fsp3) is 0.778. The maximum atomic E-state index is 11.4. The minimum Gasteiger partial charge on any atom is -0.464 e. The highest BCUT2D eigenvalue weighted by Gasteiger charge is 2.19. The number of rotatable bonds is 8. The molecule has 16 heavy (non-hydrogen) atoms. The Morgan fingerprint density at radius 2 is 2.06 bits per heavy atom. The summed E-state index contributed by atoms with van der Waals surface area (Å²) in [6.45, 7) is 2.80. The summed E-state index contributed by atoms with van der Waals surface area (Å²) < 4.78 is 4.79. The Kier molecular flexibility index (Phi) is 9.55. The number of hydrogen-bond acceptors (Lipinski definition) is 6. The summed E-state index contributed by atoms with van der Waals surface area (Å²) in [4.78, 5) is 22.7. The maximum absolute atomic E-state index is 11.4. The zero-order valence-electron chi connectivity index (χ0n) is 9.23. The van der Waals surface area contributed by atoms with Crippen LogP contribution in [-0.4, -0.2) is 49.1 Å². The number of carbonyl (C=O) groups is 2. The number of nitrogens with one attached hydrogen (secondary N) is 2. The van der Waals surface area contributed by atoms with E-state index in [1.54, 1.807) is 6.92 Å². The van der Waals surface area contributed by atoms with E-state index in [0.717, 1.165) is 0 Å². The van der Waals surface area contributed by atoms with E-state index in [4.69, 9.17) is 4.74 Å². The lowest BCUT2D eigenvalue weighted by Crippen LogP contribution is -2.46. The van der Waals surface area contributed by atoms with E-state index in [-0.39, 0.29) is 24.8 Å². The molecule has 0 fully saturated rings. The smallest absolute Gasteiger partial charge is 0.329 e. The first kappa shape index (κ1) is 15.6. The van der Waals surface area contributed by atoms with Gasteiger partial charge in [0.05, 0.1) is 13.2 Å². The van der Waals surface area contributed by atoms with Gasteiger partial charge in [-0.3, -0.25) is 4.79 Å². The fourth-order valence-electron chi connectivity index (χ4n) is 0.948. The summed E-state index contributed by atoms with van der Waals surface area (Å²) >= 11 is 7.97. The van der Waals surface area contributed by atoms with E-state index in [9.17, 15) is 9.59 Å². The Morgan fingerprint density at radius 1 is 1.38 bits per heavy atom. The monoisotopic (exact) mass is 266 g/mol. The third-order valence-electron chi connectivity index (χ3n) is 1.66. The highest BCUT2D eigenvalue weighted by atomic mass is 32.1. The molecule has 0 unspecified atom stereocenters. The highest BCUT2D eigenvalue weighted by Crippen LogP contribution is 1.92. The van der Waals surface area contributed by atoms with Gasteiger partial charge in [-0.25, -0.2) is 4.79 Å². The van der Waals surface area contributed by atoms with Crippen LogP contribution in [0.1, 0.15) is 6.92 Å². The lowest BCUT2D eigenvalue weighted by molar-refractivity contribution is -0.146. The number of esters is 1. The Morgan fingerprint density at radius 3 is 2.56 bits per heavy atom. The van der Waals surface area contributed by atoms with Crippen LogP contribution in [-0.2, 0) is 14.3 Å². The predicted octanol–water partition coefficient (Wildman–Crippen LogP) is -0.516. The van der Waals surface area contributed by atoms with Crippen LogP contribution in [0.25, 0.3) is 0 Å². The molecular formula is C9H18N2O3S2. The van der Waals surface area contributed by atoms with Gasteiger partial charge in [0.1, 0.15) is 6.04 Å². The molecule has 0 aliphatic rings. The van der Waals surface area contributed by atoms with Crippen molar-refractivity contribution in [2.75, 3.05) is 31.2 Å². The minimum atomic E-state index is -0.686. The van der Waals surface area contributed by atoms with Crippen LogP contribution in [0, 0.1) is 0 Å². The summed E-state index contributed by atoms with van der Waals surface area (Å²) in [5, 5.41) is 5.40. The van der Waals surface area contributed by atoms with Gasteiger partial charge in [-0.15, -0.1) is 0 Å². The highest BCUT2D eigenvalue weighted by molar-refractivity contribution is 7.80. The molecule has 0 aromatic heterocycles. The molecule has 0 saturated heterocycles. The Hall–Kier alpha value is -0.400. The molecule has 0 aromatic carbocycles. The molecule has 0 radical (unpaired) electrons. The average molecular weight is 266 g/mol. The Bertz CT molecular complexity index is 227. The van der Waals surface area contributed by atoms with E-state index in [0.29, 0.717) is 12.3 Å². The molecule has 7 heteroatoms. The number of ether oxygens (including phenoxy) is 1. The van der Waals surface area contributed by atoms with Crippen molar-refractivity contribution in [2.45, 2.75) is 13.0 Å². The van der Waals surface area contributed by atoms with Crippen LogP contribution in [0.4, 0.5) is 0 Å². The van der Waals surface area contributed by atoms with Crippen LogP contribution in [0.2, 0.25) is 0 Å². The number of hydrogen-bond donors (Lipinski definition) is 4. The number of thiol groups is 2. The average Bonchev–Trinajstić information content (AvgIpc) is 2.26. The van der Waals surface area contributed by atoms with Gasteiger partial charge in [-0.2, -0.15) is 25.3 Å². The zero-order chi connectivity index (χ0) is 12.4. The first-order valence-corrected chi connectivity index (χ1v) is 6.30. The van der Waals surface area contributed by atoms with Crippen LogP contribution in [0.5, 0.6) is 0 Å². The van der Waals surface area contributed by atoms with Gasteiger partial charge in [0.15, 0.2) is 0 Å². The van der Waals surface area contributed by atoms with Crippen molar-refractivity contribution in [2.24, 2.45) is 0 Å². The second-order valence-corrected chi connectivity index (χ2v) is 3.77. The Labute approximate surface area is 107 Å². The quantitative estimate of drug-likeness (QED) is 0.271. The van der Waals surface area contributed by atoms with Crippen molar-refractivity contribution in [3.63, 3.8) is 0 Å². The van der Waals surface area contributed by atoms with Crippen LogP contribution < -0.4 is 10.6 Å². The van der Waals surface area contributed by atoms with Crippen molar-refractivity contribution in [3.8, 4) is 0 Å². The van der Waals surface area contributed by atoms with Crippen LogP contribution >= 0.6 is 25.3 Å². The van der Waals surface area contributed by atoms with Gasteiger partial charge in [0.25, 0.3) is 0 Å². The fourth-order valence-corrected chi connectivity index (χ4v) is 1.35. The first-order chi connectivity index (χ1) is 7.65. The van der Waals surface area contributed by atoms with Crippen molar-refractivity contribution in [3.05, 3.63) is 0 Å². The molecular weight excluding hydrogens is 248 g/mol. The molecule has 1 amide bonds. The molecule has 0 aliphatic carbocycles. The lowest BCUT2D eigenvalue weighted by Gasteiger charge is -2.15. The molecule has 0 rings (SSSR count). The molecule has 0 aliphatic heterocycles. The van der Waals surface area contributed by atoms with E-state index in [1.165, 1.54) is 0 Å². The molecule has 0 spiro atoms. The molecule has 0 heterocycles. The number of carbonyl (C=O) groups excluding carboxylic acids is 2. The van der Waals surface area contributed by atoms with Gasteiger partial charge in [-0.05, 0) is 6.92 Å². The molecule has 1 atom stereocenters. The topological polar surface area (TPSA) is 67.4 Å². The van der Waals surface area contributed by atoms with Crippen molar-refractivity contribution in [1.29, 1.82) is 0 Å². The summed E-state index contributed by atoms with van der Waals surface area (Å²) in [7, 11) is 0. The van der Waals surface area contributed by atoms with Crippen molar-refractivity contribution in [1.82, 2.24) is 10.6 Å². The summed E-state index contributed by atoms with van der Waals surface area (Å²) in [6, 6.07) is -0.686. The van der Waals surface area contributed by atoms with Crippen LogP contribution in [0.3, 0.4) is 0 Å². The maximum Gasteiger partial charge on any atom is 0.329 e. The van der Waals surface area contributed by atoms with Gasteiger partial charge in [-0.1, -0.05) is 0 Å². The third-order valence-corrected chi connectivity index (χ3v) is 2.25. The SMILES string of the molecule is CCOC(=O)[C@H](CS)NC(=O)CNCCS. The summed E-state index contributed by atoms with van der Waals surface area (Å²) in [6.07, 6.45) is 0. The molecule has 94 valence electrons. The van der Waals surface area contributed by atoms with Gasteiger partial charge < -0.3 is 15.4 Å². The summed E-state index contributed by atoms with van der Waals surface area (Å²) in [5.41, 5.74) is 0. The number of amides is 1. The van der Waals surface area contributed by atoms with Crippen molar-refractivity contribution >= 4 is 37.1 Å². The second kappa shape index (κ2) is 9.80. The zero-order valence-corrected chi connectivity index (χ0v) is 11.0. The van der Waals surface area contributed by atoms with E-state index >= 15 is 0 Å². The van der Waals surface area contributed by atoms with Gasteiger partial charge in [0.2, 0.25) is 5.91 Å². The standard InChI is InChI=1S/C9H18N2O3S2/c1-2-14-9(13)7(6-16)11-8(12)5-10-3-4-15/h7,10,15-16H,2-6H2,1H3,(H,11,12)/t7-/m0/s1. The normalized spacial score (nSPS) is 11.9. The molecule has 2 N–H and O–H groups in total. The predicted molar refractivity (Wildman–Crippen MR) is 69.1 cm³/mol. The van der Waals surface area contributed by atoms with E-state index in [1.807, 2.05) is 0 Å². The molecule has 0 aromatic rings. The van der Waals surface area contributed by atoms with Gasteiger partial charge >= 0.3 is 5.97 Å². The second-order valence-electron chi connectivity index (χ2n) is 2.96.